The predicted molar refractivity (Wildman–Crippen MR) is 116 cm³/mol. The molecule has 148 valence electrons. The van der Waals surface area contributed by atoms with Crippen molar-refractivity contribution in [3.8, 4) is 12.3 Å². The molecule has 1 aliphatic heterocycles. The Kier molecular flexibility index (Phi) is 5.49. The van der Waals surface area contributed by atoms with Gasteiger partial charge in [-0.05, 0) is 42.0 Å². The molecule has 0 atom stereocenters. The van der Waals surface area contributed by atoms with Crippen LogP contribution >= 0.6 is 0 Å². The van der Waals surface area contributed by atoms with Crippen LogP contribution < -0.4 is 9.80 Å². The number of nitrogens with zero attached hydrogens (tertiary/aromatic N) is 2. The maximum Gasteiger partial charge on any atom is 0.414 e. The molecule has 0 bridgehead atoms. The third kappa shape index (κ3) is 4.03. The average Bonchev–Trinajstić information content (AvgIpc) is 3.23. The van der Waals surface area contributed by atoms with Crippen molar-refractivity contribution < 1.29 is 14.3 Å². The van der Waals surface area contributed by atoms with Crippen molar-refractivity contribution in [2.24, 2.45) is 0 Å². The first-order chi connectivity index (χ1) is 14.7. The summed E-state index contributed by atoms with van der Waals surface area (Å²) in [5.41, 5.74) is 3.53. The van der Waals surface area contributed by atoms with Gasteiger partial charge < -0.3 is 9.64 Å². The summed E-state index contributed by atoms with van der Waals surface area (Å²) in [5.74, 6) is 2.44. The molecule has 3 aromatic rings. The van der Waals surface area contributed by atoms with Crippen LogP contribution in [0, 0.1) is 12.3 Å². The monoisotopic (exact) mass is 396 g/mol. The van der Waals surface area contributed by atoms with Crippen LogP contribution in [0.4, 0.5) is 16.2 Å². The zero-order valence-corrected chi connectivity index (χ0v) is 16.3. The minimum absolute atomic E-state index is 0.178. The summed E-state index contributed by atoms with van der Waals surface area (Å²) in [6.07, 6.45) is 5.16. The lowest BCUT2D eigenvalue weighted by molar-refractivity contribution is 0.0985. The van der Waals surface area contributed by atoms with Crippen molar-refractivity contribution in [1.29, 1.82) is 0 Å². The Morgan fingerprint density at radius 1 is 1.03 bits per heavy atom. The van der Waals surface area contributed by atoms with Crippen molar-refractivity contribution in [1.82, 2.24) is 0 Å². The van der Waals surface area contributed by atoms with E-state index in [9.17, 15) is 9.59 Å². The molecule has 1 heterocycles. The van der Waals surface area contributed by atoms with E-state index in [1.165, 1.54) is 4.90 Å². The molecule has 1 fully saturated rings. The Labute approximate surface area is 175 Å². The van der Waals surface area contributed by atoms with Crippen LogP contribution in [0.3, 0.4) is 0 Å². The highest BCUT2D eigenvalue weighted by molar-refractivity contribution is 6.07. The van der Waals surface area contributed by atoms with Crippen LogP contribution in [-0.4, -0.2) is 25.2 Å². The number of amides is 2. The average molecular weight is 396 g/mol. The summed E-state index contributed by atoms with van der Waals surface area (Å²) in [7, 11) is 0. The number of benzene rings is 3. The van der Waals surface area contributed by atoms with Crippen LogP contribution in [0.15, 0.2) is 78.9 Å². The Morgan fingerprint density at radius 2 is 1.83 bits per heavy atom. The number of anilines is 2. The first-order valence-corrected chi connectivity index (χ1v) is 9.62. The van der Waals surface area contributed by atoms with E-state index in [1.54, 1.807) is 29.2 Å². The Bertz CT molecular complexity index is 1120. The third-order valence-corrected chi connectivity index (χ3v) is 4.92. The fraction of sp³-hybridized carbons (Fsp3) is 0.120. The molecule has 5 nitrogen and oxygen atoms in total. The van der Waals surface area contributed by atoms with Gasteiger partial charge in [0.1, 0.15) is 6.61 Å². The van der Waals surface area contributed by atoms with Crippen molar-refractivity contribution in [2.75, 3.05) is 23.0 Å². The first kappa shape index (κ1) is 19.3. The lowest BCUT2D eigenvalue weighted by Gasteiger charge is -2.24. The quantitative estimate of drug-likeness (QED) is 0.598. The van der Waals surface area contributed by atoms with Crippen molar-refractivity contribution in [3.63, 3.8) is 0 Å². The van der Waals surface area contributed by atoms with Gasteiger partial charge in [0.05, 0.1) is 13.1 Å². The van der Waals surface area contributed by atoms with E-state index in [4.69, 9.17) is 11.2 Å². The molecule has 1 saturated heterocycles. The van der Waals surface area contributed by atoms with E-state index in [1.807, 2.05) is 54.6 Å². The number of carbonyl (C=O) groups excluding carboxylic acids is 2. The molecule has 0 unspecified atom stereocenters. The Morgan fingerprint density at radius 3 is 2.57 bits per heavy atom. The molecule has 0 aromatic heterocycles. The van der Waals surface area contributed by atoms with E-state index in [0.717, 1.165) is 5.56 Å². The second-order valence-electron chi connectivity index (χ2n) is 6.89. The van der Waals surface area contributed by atoms with Gasteiger partial charge in [0.25, 0.3) is 5.91 Å². The molecule has 4 rings (SSSR count). The van der Waals surface area contributed by atoms with Gasteiger partial charge in [-0.3, -0.25) is 9.69 Å². The highest BCUT2D eigenvalue weighted by Crippen LogP contribution is 2.25. The minimum Gasteiger partial charge on any atom is -0.447 e. The van der Waals surface area contributed by atoms with E-state index in [-0.39, 0.29) is 5.91 Å². The molecule has 0 N–H and O–H groups in total. The van der Waals surface area contributed by atoms with Gasteiger partial charge in [-0.15, -0.1) is 6.42 Å². The van der Waals surface area contributed by atoms with Crippen LogP contribution in [0.5, 0.6) is 0 Å². The molecule has 3 aromatic carbocycles. The van der Waals surface area contributed by atoms with Crippen molar-refractivity contribution in [2.45, 2.75) is 6.54 Å². The second kappa shape index (κ2) is 8.54. The van der Waals surface area contributed by atoms with Crippen LogP contribution in [0.25, 0.3) is 0 Å². The molecular weight excluding hydrogens is 376 g/mol. The van der Waals surface area contributed by atoms with E-state index in [0.29, 0.717) is 42.2 Å². The molecule has 0 aliphatic carbocycles. The lowest BCUT2D eigenvalue weighted by atomic mass is 10.1. The van der Waals surface area contributed by atoms with Crippen molar-refractivity contribution >= 4 is 23.4 Å². The number of cyclic esters (lactones) is 1. The van der Waals surface area contributed by atoms with Gasteiger partial charge in [-0.1, -0.05) is 48.4 Å². The predicted octanol–water partition coefficient (Wildman–Crippen LogP) is 4.47. The van der Waals surface area contributed by atoms with Gasteiger partial charge in [-0.25, -0.2) is 4.79 Å². The fourth-order valence-corrected chi connectivity index (χ4v) is 3.40. The molecule has 0 radical (unpaired) electrons. The van der Waals surface area contributed by atoms with Crippen LogP contribution in [-0.2, 0) is 11.3 Å². The van der Waals surface area contributed by atoms with E-state index >= 15 is 0 Å². The molecule has 5 heteroatoms. The molecule has 0 saturated carbocycles. The van der Waals surface area contributed by atoms with Gasteiger partial charge in [0.2, 0.25) is 0 Å². The minimum atomic E-state index is -0.400. The summed E-state index contributed by atoms with van der Waals surface area (Å²) in [5, 5.41) is 0. The zero-order chi connectivity index (χ0) is 20.9. The summed E-state index contributed by atoms with van der Waals surface area (Å²) >= 11 is 0. The largest absolute Gasteiger partial charge is 0.447 e. The van der Waals surface area contributed by atoms with E-state index < -0.39 is 6.09 Å². The summed E-state index contributed by atoms with van der Waals surface area (Å²) in [6.45, 7) is 1.20. The standard InChI is InChI=1S/C25H20N2O3/c1-2-19-10-6-12-22(16-19)27(18-20-8-4-3-5-9-20)24(28)21-11-7-13-23(17-21)26-14-15-30-25(26)29/h1,3-13,16-17H,14-15,18H2. The normalized spacial score (nSPS) is 12.9. The van der Waals surface area contributed by atoms with Crippen LogP contribution in [0.2, 0.25) is 0 Å². The molecule has 2 amide bonds. The Hall–Kier alpha value is -4.04. The third-order valence-electron chi connectivity index (χ3n) is 4.92. The number of carbonyl (C=O) groups is 2. The SMILES string of the molecule is C#Cc1cccc(N(Cc2ccccc2)C(=O)c2cccc(N3CCOC3=O)c2)c1. The van der Waals surface area contributed by atoms with Crippen LogP contribution in [0.1, 0.15) is 21.5 Å². The highest BCUT2D eigenvalue weighted by Gasteiger charge is 2.25. The number of hydrogen-bond acceptors (Lipinski definition) is 3. The molecule has 30 heavy (non-hydrogen) atoms. The number of hydrogen-bond donors (Lipinski definition) is 0. The maximum atomic E-state index is 13.5. The topological polar surface area (TPSA) is 49.9 Å². The number of rotatable bonds is 5. The summed E-state index contributed by atoms with van der Waals surface area (Å²) in [6, 6.07) is 24.2. The second-order valence-corrected chi connectivity index (χ2v) is 6.89. The van der Waals surface area contributed by atoms with Gasteiger partial charge in [-0.2, -0.15) is 0 Å². The molecular formula is C25H20N2O3. The van der Waals surface area contributed by atoms with Gasteiger partial charge in [0, 0.05) is 22.5 Å². The highest BCUT2D eigenvalue weighted by atomic mass is 16.6. The Balaban J connectivity index is 1.70. The number of ether oxygens (including phenoxy) is 1. The summed E-state index contributed by atoms with van der Waals surface area (Å²) in [4.78, 5) is 28.7. The first-order valence-electron chi connectivity index (χ1n) is 9.62. The smallest absolute Gasteiger partial charge is 0.414 e. The van der Waals surface area contributed by atoms with Crippen molar-refractivity contribution in [3.05, 3.63) is 95.6 Å². The van der Waals surface area contributed by atoms with Gasteiger partial charge >= 0.3 is 6.09 Å². The summed E-state index contributed by atoms with van der Waals surface area (Å²) < 4.78 is 5.01. The number of terminal acetylenes is 1. The molecule has 1 aliphatic rings. The fourth-order valence-electron chi connectivity index (χ4n) is 3.40. The van der Waals surface area contributed by atoms with E-state index in [2.05, 4.69) is 5.92 Å². The zero-order valence-electron chi connectivity index (χ0n) is 16.3. The maximum absolute atomic E-state index is 13.5. The lowest BCUT2D eigenvalue weighted by Crippen LogP contribution is -2.31. The molecule has 0 spiro atoms. The van der Waals surface area contributed by atoms with Gasteiger partial charge in [0.15, 0.2) is 0 Å².